The first kappa shape index (κ1) is 22.5. The molecule has 2 aromatic carbocycles. The van der Waals surface area contributed by atoms with Crippen molar-refractivity contribution in [2.45, 2.75) is 90.4 Å². The van der Waals surface area contributed by atoms with Crippen LogP contribution in [0.2, 0.25) is 0 Å². The second kappa shape index (κ2) is 10.3. The van der Waals surface area contributed by atoms with Gasteiger partial charge in [0.05, 0.1) is 0 Å². The lowest BCUT2D eigenvalue weighted by molar-refractivity contribution is 0.171. The third kappa shape index (κ3) is 5.04. The lowest BCUT2D eigenvalue weighted by atomic mass is 9.68. The molecule has 0 spiro atoms. The van der Waals surface area contributed by atoms with Gasteiger partial charge in [-0.25, -0.2) is 8.78 Å². The molecule has 2 aromatic rings. The summed E-state index contributed by atoms with van der Waals surface area (Å²) >= 11 is 0. The van der Waals surface area contributed by atoms with Crippen LogP contribution in [-0.4, -0.2) is 0 Å². The monoisotopic (exact) mass is 424 g/mol. The number of fused-ring (bicyclic) bond motifs is 1. The quantitative estimate of drug-likeness (QED) is 0.406. The third-order valence-corrected chi connectivity index (χ3v) is 8.09. The normalized spacial score (nSPS) is 27.2. The molecular formula is C29H38F2. The summed E-state index contributed by atoms with van der Waals surface area (Å²) in [5, 5.41) is 1.27. The minimum absolute atomic E-state index is 0.448. The van der Waals surface area contributed by atoms with Gasteiger partial charge < -0.3 is 0 Å². The van der Waals surface area contributed by atoms with Crippen LogP contribution in [0.3, 0.4) is 0 Å². The molecule has 0 aliphatic heterocycles. The van der Waals surface area contributed by atoms with Crippen LogP contribution in [0.5, 0.6) is 0 Å². The van der Waals surface area contributed by atoms with Crippen LogP contribution in [-0.2, 0) is 6.42 Å². The second-order valence-corrected chi connectivity index (χ2v) is 10.0. The molecule has 2 aliphatic rings. The minimum Gasteiger partial charge on any atom is -0.203 e. The Labute approximate surface area is 187 Å². The summed E-state index contributed by atoms with van der Waals surface area (Å²) in [6.07, 6.45) is 18.3. The smallest absolute Gasteiger partial charge is 0.166 e. The minimum atomic E-state index is -0.672. The van der Waals surface area contributed by atoms with Gasteiger partial charge >= 0.3 is 0 Å². The molecule has 0 radical (unpaired) electrons. The molecule has 0 N–H and O–H groups in total. The van der Waals surface area contributed by atoms with Crippen molar-refractivity contribution in [1.29, 1.82) is 0 Å². The number of hydrogen-bond acceptors (Lipinski definition) is 0. The average Bonchev–Trinajstić information content (AvgIpc) is 2.82. The van der Waals surface area contributed by atoms with E-state index in [1.165, 1.54) is 69.8 Å². The fraction of sp³-hybridized carbons (Fsp3) is 0.586. The summed E-state index contributed by atoms with van der Waals surface area (Å²) in [5.41, 5.74) is 1.66. The van der Waals surface area contributed by atoms with Gasteiger partial charge in [0.15, 0.2) is 11.6 Å². The Morgan fingerprint density at radius 2 is 1.52 bits per heavy atom. The van der Waals surface area contributed by atoms with Gasteiger partial charge in [0.1, 0.15) is 0 Å². The van der Waals surface area contributed by atoms with Gasteiger partial charge in [0, 0.05) is 5.39 Å². The second-order valence-electron chi connectivity index (χ2n) is 10.0. The van der Waals surface area contributed by atoms with E-state index in [2.05, 4.69) is 25.1 Å². The molecule has 0 bridgehead atoms. The highest BCUT2D eigenvalue weighted by Gasteiger charge is 2.31. The van der Waals surface area contributed by atoms with Crippen molar-refractivity contribution in [3.63, 3.8) is 0 Å². The predicted octanol–water partition coefficient (Wildman–Crippen LogP) is 9.12. The number of benzene rings is 2. The summed E-state index contributed by atoms with van der Waals surface area (Å²) < 4.78 is 28.9. The summed E-state index contributed by atoms with van der Waals surface area (Å²) in [4.78, 5) is 0. The molecule has 0 amide bonds. The summed E-state index contributed by atoms with van der Waals surface area (Å²) in [7, 11) is 0. The molecule has 168 valence electrons. The molecule has 0 heterocycles. The molecule has 0 saturated heterocycles. The average molecular weight is 425 g/mol. The maximum absolute atomic E-state index is 14.6. The molecule has 0 atom stereocenters. The molecule has 2 heteroatoms. The Morgan fingerprint density at radius 1 is 0.839 bits per heavy atom. The third-order valence-electron chi connectivity index (χ3n) is 8.09. The molecule has 0 nitrogen and oxygen atoms in total. The summed E-state index contributed by atoms with van der Waals surface area (Å²) in [6.45, 7) is 4.11. The van der Waals surface area contributed by atoms with Gasteiger partial charge in [-0.05, 0) is 117 Å². The molecule has 2 aliphatic carbocycles. The van der Waals surface area contributed by atoms with Crippen LogP contribution < -0.4 is 0 Å². The van der Waals surface area contributed by atoms with Crippen LogP contribution in [0.1, 0.15) is 95.1 Å². The lowest BCUT2D eigenvalue weighted by Crippen LogP contribution is -2.25. The van der Waals surface area contributed by atoms with Gasteiger partial charge in [0.25, 0.3) is 0 Å². The van der Waals surface area contributed by atoms with Crippen molar-refractivity contribution < 1.29 is 8.78 Å². The Morgan fingerprint density at radius 3 is 2.16 bits per heavy atom. The summed E-state index contributed by atoms with van der Waals surface area (Å²) in [6, 6.07) is 7.87. The molecule has 4 rings (SSSR count). The van der Waals surface area contributed by atoms with Gasteiger partial charge in [0.2, 0.25) is 0 Å². The Balaban J connectivity index is 1.36. The number of unbranched alkanes of at least 4 members (excludes halogenated alkanes) is 1. The first-order valence-electron chi connectivity index (χ1n) is 12.7. The van der Waals surface area contributed by atoms with E-state index in [9.17, 15) is 8.78 Å². The first-order valence-corrected chi connectivity index (χ1v) is 12.7. The molecule has 0 aromatic heterocycles. The van der Waals surface area contributed by atoms with E-state index in [4.69, 9.17) is 0 Å². The van der Waals surface area contributed by atoms with Crippen molar-refractivity contribution >= 4 is 10.8 Å². The van der Waals surface area contributed by atoms with E-state index in [-0.39, 0.29) is 0 Å². The molecule has 0 unspecified atom stereocenters. The fourth-order valence-corrected chi connectivity index (χ4v) is 6.10. The highest BCUT2D eigenvalue weighted by Crippen LogP contribution is 2.44. The zero-order valence-corrected chi connectivity index (χ0v) is 19.3. The fourth-order valence-electron chi connectivity index (χ4n) is 6.10. The van der Waals surface area contributed by atoms with Gasteiger partial charge in [-0.2, -0.15) is 0 Å². The first-order chi connectivity index (χ1) is 15.1. The maximum atomic E-state index is 14.6. The van der Waals surface area contributed by atoms with Crippen molar-refractivity contribution in [1.82, 2.24) is 0 Å². The van der Waals surface area contributed by atoms with Gasteiger partial charge in [-0.1, -0.05) is 44.6 Å². The van der Waals surface area contributed by atoms with E-state index < -0.39 is 11.6 Å². The van der Waals surface area contributed by atoms with Crippen LogP contribution in [0.15, 0.2) is 36.4 Å². The van der Waals surface area contributed by atoms with Crippen molar-refractivity contribution in [2.75, 3.05) is 0 Å². The molecule has 2 fully saturated rings. The Hall–Kier alpha value is -1.70. The van der Waals surface area contributed by atoms with Crippen molar-refractivity contribution in [3.05, 3.63) is 59.2 Å². The highest BCUT2D eigenvalue weighted by molar-refractivity contribution is 5.84. The number of hydrogen-bond donors (Lipinski definition) is 0. The van der Waals surface area contributed by atoms with E-state index in [1.807, 2.05) is 25.1 Å². The number of rotatable bonds is 6. The molecular weight excluding hydrogens is 386 g/mol. The zero-order chi connectivity index (χ0) is 21.8. The SMILES string of the molecule is CCC/C=C/C1CCC(C2CCC(c3ccc4cc(CC)c(F)c(F)c4c3)CC2)CC1. The van der Waals surface area contributed by atoms with E-state index >= 15 is 0 Å². The topological polar surface area (TPSA) is 0 Å². The zero-order valence-electron chi connectivity index (χ0n) is 19.3. The largest absolute Gasteiger partial charge is 0.203 e. The maximum Gasteiger partial charge on any atom is 0.166 e. The van der Waals surface area contributed by atoms with Crippen molar-refractivity contribution in [2.24, 2.45) is 17.8 Å². The van der Waals surface area contributed by atoms with Crippen molar-refractivity contribution in [3.8, 4) is 0 Å². The van der Waals surface area contributed by atoms with Gasteiger partial charge in [-0.15, -0.1) is 0 Å². The van der Waals surface area contributed by atoms with Gasteiger partial charge in [-0.3, -0.25) is 0 Å². The molecule has 31 heavy (non-hydrogen) atoms. The van der Waals surface area contributed by atoms with Crippen LogP contribution in [0, 0.1) is 29.4 Å². The Kier molecular flexibility index (Phi) is 7.46. The van der Waals surface area contributed by atoms with E-state index in [0.29, 0.717) is 23.3 Å². The van der Waals surface area contributed by atoms with Crippen LogP contribution in [0.4, 0.5) is 8.78 Å². The standard InChI is InChI=1S/C29H38F2/c1-3-5-6-7-20-8-10-22(11-9-20)23-12-14-24(15-13-23)25-16-17-26-18-21(4-2)28(30)29(31)27(26)19-25/h6-7,16-20,22-24H,3-5,8-15H2,1-2H3/b7-6+. The number of allylic oxidation sites excluding steroid dienone is 2. The predicted molar refractivity (Wildman–Crippen MR) is 127 cm³/mol. The molecule has 2 saturated carbocycles. The van der Waals surface area contributed by atoms with E-state index in [1.54, 1.807) is 0 Å². The lowest BCUT2D eigenvalue weighted by Gasteiger charge is -2.37. The van der Waals surface area contributed by atoms with Crippen LogP contribution in [0.25, 0.3) is 10.8 Å². The number of halogens is 2. The highest BCUT2D eigenvalue weighted by atomic mass is 19.2. The Bertz CT molecular complexity index is 897. The summed E-state index contributed by atoms with van der Waals surface area (Å²) in [5.74, 6) is 1.71. The number of aryl methyl sites for hydroxylation is 1. The van der Waals surface area contributed by atoms with E-state index in [0.717, 1.165) is 23.1 Å². The van der Waals surface area contributed by atoms with Crippen LogP contribution >= 0.6 is 0 Å².